The summed E-state index contributed by atoms with van der Waals surface area (Å²) in [6.07, 6.45) is 0. The smallest absolute Gasteiger partial charge is 0.270 e. The molecule has 1 aliphatic rings. The van der Waals surface area contributed by atoms with Gasteiger partial charge >= 0.3 is 0 Å². The Bertz CT molecular complexity index is 1430. The van der Waals surface area contributed by atoms with Crippen LogP contribution >= 0.6 is 0 Å². The highest BCUT2D eigenvalue weighted by atomic mass is 16.6. The van der Waals surface area contributed by atoms with E-state index in [1.54, 1.807) is 43.3 Å². The molecule has 0 saturated carbocycles. The largest absolute Gasteiger partial charge is 0.270 e. The lowest BCUT2D eigenvalue weighted by Gasteiger charge is -2.19. The third kappa shape index (κ3) is 3.61. The third-order valence-electron chi connectivity index (χ3n) is 5.77. The van der Waals surface area contributed by atoms with Crippen molar-refractivity contribution in [1.29, 1.82) is 0 Å². The average molecular weight is 450 g/mol. The molecule has 1 aromatic heterocycles. The van der Waals surface area contributed by atoms with Gasteiger partial charge in [0.05, 0.1) is 28.3 Å². The van der Waals surface area contributed by atoms with Crippen molar-refractivity contribution in [3.8, 4) is 22.6 Å². The van der Waals surface area contributed by atoms with Crippen LogP contribution in [0.15, 0.2) is 78.9 Å². The molecule has 166 valence electrons. The van der Waals surface area contributed by atoms with Gasteiger partial charge in [0.25, 0.3) is 17.5 Å². The van der Waals surface area contributed by atoms with E-state index in [0.29, 0.717) is 39.5 Å². The normalized spacial score (nSPS) is 12.7. The van der Waals surface area contributed by atoms with Gasteiger partial charge in [0.15, 0.2) is 5.82 Å². The lowest BCUT2D eigenvalue weighted by Crippen LogP contribution is -2.30. The number of nitro benzene ring substituents is 1. The number of aromatic nitrogens is 2. The van der Waals surface area contributed by atoms with Crippen LogP contribution in [0.2, 0.25) is 0 Å². The minimum absolute atomic E-state index is 0.0503. The van der Waals surface area contributed by atoms with Gasteiger partial charge in [-0.15, -0.1) is 0 Å². The van der Waals surface area contributed by atoms with Gasteiger partial charge in [-0.2, -0.15) is 0 Å². The molecule has 0 unspecified atom stereocenters. The molecule has 0 spiro atoms. The summed E-state index contributed by atoms with van der Waals surface area (Å²) in [5, 5.41) is 11.4. The zero-order valence-corrected chi connectivity index (χ0v) is 18.1. The first-order valence-corrected chi connectivity index (χ1v) is 10.6. The highest BCUT2D eigenvalue weighted by Crippen LogP contribution is 2.32. The number of carbonyl (C=O) groups excluding carboxylic acids is 2. The lowest BCUT2D eigenvalue weighted by atomic mass is 10.0. The number of hydrogen-bond donors (Lipinski definition) is 0. The molecule has 0 radical (unpaired) electrons. The molecule has 3 aromatic carbocycles. The highest BCUT2D eigenvalue weighted by Gasteiger charge is 2.36. The molecule has 1 aliphatic heterocycles. The Morgan fingerprint density at radius 1 is 0.824 bits per heavy atom. The van der Waals surface area contributed by atoms with Crippen LogP contribution in [0.5, 0.6) is 0 Å². The van der Waals surface area contributed by atoms with Crippen LogP contribution in [0.3, 0.4) is 0 Å². The van der Waals surface area contributed by atoms with Gasteiger partial charge in [0.1, 0.15) is 0 Å². The Morgan fingerprint density at radius 3 is 2.09 bits per heavy atom. The van der Waals surface area contributed by atoms with Gasteiger partial charge in [-0.25, -0.2) is 9.97 Å². The van der Waals surface area contributed by atoms with E-state index in [1.807, 2.05) is 30.3 Å². The lowest BCUT2D eigenvalue weighted by molar-refractivity contribution is -0.384. The number of aryl methyl sites for hydroxylation is 1. The van der Waals surface area contributed by atoms with Gasteiger partial charge < -0.3 is 0 Å². The molecule has 4 aromatic rings. The van der Waals surface area contributed by atoms with E-state index in [-0.39, 0.29) is 12.2 Å². The molecular weight excluding hydrogens is 432 g/mol. The van der Waals surface area contributed by atoms with E-state index in [1.165, 1.54) is 17.0 Å². The Morgan fingerprint density at radius 2 is 1.44 bits per heavy atom. The summed E-state index contributed by atoms with van der Waals surface area (Å²) in [4.78, 5) is 47.4. The number of benzene rings is 3. The molecule has 2 amide bonds. The fraction of sp³-hybridized carbons (Fsp3) is 0.0769. The van der Waals surface area contributed by atoms with E-state index in [2.05, 4.69) is 4.98 Å². The number of fused-ring (bicyclic) bond motifs is 1. The average Bonchev–Trinajstić information content (AvgIpc) is 3.10. The molecule has 0 bridgehead atoms. The van der Waals surface area contributed by atoms with Crippen LogP contribution in [0, 0.1) is 17.0 Å². The summed E-state index contributed by atoms with van der Waals surface area (Å²) >= 11 is 0. The van der Waals surface area contributed by atoms with Crippen LogP contribution in [0.4, 0.5) is 5.69 Å². The maximum atomic E-state index is 13.0. The monoisotopic (exact) mass is 450 g/mol. The Hall–Kier alpha value is -4.72. The zero-order chi connectivity index (χ0) is 23.8. The maximum Gasteiger partial charge on any atom is 0.270 e. The number of non-ortho nitro benzene ring substituents is 1. The Balaban J connectivity index is 1.65. The number of nitro groups is 1. The molecule has 2 heterocycles. The molecule has 5 rings (SSSR count). The fourth-order valence-corrected chi connectivity index (χ4v) is 4.05. The van der Waals surface area contributed by atoms with E-state index < -0.39 is 16.7 Å². The number of rotatable bonds is 5. The summed E-state index contributed by atoms with van der Waals surface area (Å²) in [5.74, 6) is -0.333. The molecule has 0 saturated heterocycles. The van der Waals surface area contributed by atoms with Crippen molar-refractivity contribution in [2.75, 3.05) is 0 Å². The van der Waals surface area contributed by atoms with Gasteiger partial charge in [0, 0.05) is 34.5 Å². The summed E-state index contributed by atoms with van der Waals surface area (Å²) in [6.45, 7) is 1.73. The van der Waals surface area contributed by atoms with Gasteiger partial charge in [-0.05, 0) is 19.1 Å². The van der Waals surface area contributed by atoms with Crippen LogP contribution in [0.25, 0.3) is 22.6 Å². The van der Waals surface area contributed by atoms with Crippen LogP contribution in [0.1, 0.15) is 32.0 Å². The summed E-state index contributed by atoms with van der Waals surface area (Å²) in [7, 11) is 0. The van der Waals surface area contributed by atoms with Gasteiger partial charge in [-0.3, -0.25) is 24.6 Å². The maximum absolute atomic E-state index is 13.0. The van der Waals surface area contributed by atoms with Crippen molar-refractivity contribution in [3.05, 3.63) is 111 Å². The number of nitrogens with zero attached hydrogens (tertiary/aromatic N) is 4. The van der Waals surface area contributed by atoms with Crippen molar-refractivity contribution in [2.45, 2.75) is 13.5 Å². The van der Waals surface area contributed by atoms with E-state index >= 15 is 0 Å². The van der Waals surface area contributed by atoms with Crippen molar-refractivity contribution in [3.63, 3.8) is 0 Å². The van der Waals surface area contributed by atoms with E-state index in [0.717, 1.165) is 5.56 Å². The number of hydrogen-bond acceptors (Lipinski definition) is 6. The molecule has 0 fully saturated rings. The summed E-state index contributed by atoms with van der Waals surface area (Å²) in [6, 6.07) is 22.2. The first-order chi connectivity index (χ1) is 16.4. The topological polar surface area (TPSA) is 106 Å². The first-order valence-electron chi connectivity index (χ1n) is 10.6. The van der Waals surface area contributed by atoms with E-state index in [9.17, 15) is 19.7 Å². The molecular formula is C26H18N4O4. The first kappa shape index (κ1) is 21.1. The number of amides is 2. The quantitative estimate of drug-likeness (QED) is 0.245. The van der Waals surface area contributed by atoms with Crippen molar-refractivity contribution in [1.82, 2.24) is 14.9 Å². The highest BCUT2D eigenvalue weighted by molar-refractivity contribution is 6.21. The number of imide groups is 1. The predicted molar refractivity (Wildman–Crippen MR) is 125 cm³/mol. The molecule has 8 heteroatoms. The van der Waals surface area contributed by atoms with Gasteiger partial charge in [-0.1, -0.05) is 54.6 Å². The molecule has 0 aliphatic carbocycles. The van der Waals surface area contributed by atoms with Gasteiger partial charge in [0.2, 0.25) is 0 Å². The second-order valence-corrected chi connectivity index (χ2v) is 7.88. The summed E-state index contributed by atoms with van der Waals surface area (Å²) in [5.41, 5.74) is 3.47. The van der Waals surface area contributed by atoms with Crippen molar-refractivity contribution < 1.29 is 14.5 Å². The van der Waals surface area contributed by atoms with Crippen LogP contribution < -0.4 is 0 Å². The second kappa shape index (κ2) is 8.32. The molecule has 34 heavy (non-hydrogen) atoms. The van der Waals surface area contributed by atoms with Crippen molar-refractivity contribution in [2.24, 2.45) is 0 Å². The molecule has 0 atom stereocenters. The molecule has 0 N–H and O–H groups in total. The van der Waals surface area contributed by atoms with Crippen LogP contribution in [-0.4, -0.2) is 31.6 Å². The minimum Gasteiger partial charge on any atom is -0.270 e. The molecule has 8 nitrogen and oxygen atoms in total. The van der Waals surface area contributed by atoms with Crippen LogP contribution in [-0.2, 0) is 6.54 Å². The summed E-state index contributed by atoms with van der Waals surface area (Å²) < 4.78 is 0. The minimum atomic E-state index is -0.473. The third-order valence-corrected chi connectivity index (χ3v) is 5.77. The SMILES string of the molecule is Cc1nc(-c2ccccc2)nc(-c2cccc([N+](=O)[O-])c2)c1CN1C(=O)c2ccccc2C1=O. The van der Waals surface area contributed by atoms with E-state index in [4.69, 9.17) is 4.98 Å². The standard InChI is InChI=1S/C26H18N4O4/c1-16-22(15-29-25(31)20-12-5-6-13-21(20)26(29)32)23(18-10-7-11-19(14-18)30(33)34)28-24(27-16)17-8-3-2-4-9-17/h2-14H,15H2,1H3. The number of carbonyl (C=O) groups is 2. The second-order valence-electron chi connectivity index (χ2n) is 7.88. The Kier molecular flexibility index (Phi) is 5.18. The Labute approximate surface area is 194 Å². The fourth-order valence-electron chi connectivity index (χ4n) is 4.05. The van der Waals surface area contributed by atoms with Crippen molar-refractivity contribution >= 4 is 17.5 Å². The zero-order valence-electron chi connectivity index (χ0n) is 18.1. The predicted octanol–water partition coefficient (Wildman–Crippen LogP) is 4.82.